The Kier molecular flexibility index (Phi) is 3.07. The number of rotatable bonds is 3. The van der Waals surface area contributed by atoms with Crippen molar-refractivity contribution in [3.8, 4) is 0 Å². The minimum absolute atomic E-state index is 0.395. The van der Waals surface area contributed by atoms with Crippen LogP contribution in [0.25, 0.3) is 6.08 Å². The fourth-order valence-corrected chi connectivity index (χ4v) is 1.10. The van der Waals surface area contributed by atoms with Crippen LogP contribution in [0.5, 0.6) is 0 Å². The molecule has 70 valence electrons. The minimum atomic E-state index is 0.395. The van der Waals surface area contributed by atoms with Crippen LogP contribution in [0.2, 0.25) is 0 Å². The zero-order valence-electron chi connectivity index (χ0n) is 8.37. The van der Waals surface area contributed by atoms with Crippen molar-refractivity contribution in [2.45, 2.75) is 20.8 Å². The van der Waals surface area contributed by atoms with Crippen molar-refractivity contribution in [3.63, 3.8) is 0 Å². The molecule has 0 saturated carbocycles. The lowest BCUT2D eigenvalue weighted by atomic mass is 10.1. The first-order chi connectivity index (χ1) is 6.15. The molecule has 1 aromatic rings. The molecule has 0 aliphatic carbocycles. The molecule has 0 saturated heterocycles. The Morgan fingerprint density at radius 1 is 1.62 bits per heavy atom. The van der Waals surface area contributed by atoms with Crippen molar-refractivity contribution in [2.24, 2.45) is 10.9 Å². The molecule has 0 spiro atoms. The van der Waals surface area contributed by atoms with Crippen LogP contribution in [-0.4, -0.2) is 6.72 Å². The topological polar surface area (TPSA) is 25.5 Å². The first-order valence-corrected chi connectivity index (χ1v) is 4.37. The van der Waals surface area contributed by atoms with Gasteiger partial charge in [0.2, 0.25) is 0 Å². The molecule has 2 nitrogen and oxygen atoms in total. The van der Waals surface area contributed by atoms with Gasteiger partial charge < -0.3 is 4.42 Å². The maximum Gasteiger partial charge on any atom is 0.107 e. The number of aryl methyl sites for hydroxylation is 1. The van der Waals surface area contributed by atoms with Gasteiger partial charge >= 0.3 is 0 Å². The van der Waals surface area contributed by atoms with Crippen LogP contribution < -0.4 is 0 Å². The summed E-state index contributed by atoms with van der Waals surface area (Å²) in [5, 5.41) is 0. The SMILES string of the molecule is C=N/C(=C\c1ccoc1C)C(C)C. The van der Waals surface area contributed by atoms with E-state index < -0.39 is 0 Å². The zero-order valence-corrected chi connectivity index (χ0v) is 8.37. The second-order valence-corrected chi connectivity index (χ2v) is 3.31. The Labute approximate surface area is 79.0 Å². The van der Waals surface area contributed by atoms with Crippen molar-refractivity contribution < 1.29 is 4.42 Å². The third-order valence-electron chi connectivity index (χ3n) is 1.98. The molecule has 0 radical (unpaired) electrons. The largest absolute Gasteiger partial charge is 0.469 e. The van der Waals surface area contributed by atoms with Crippen LogP contribution >= 0.6 is 0 Å². The van der Waals surface area contributed by atoms with Crippen LogP contribution in [0.3, 0.4) is 0 Å². The maximum absolute atomic E-state index is 5.18. The molecule has 1 heterocycles. The standard InChI is InChI=1S/C11H15NO/c1-8(2)11(12-4)7-10-5-6-13-9(10)3/h5-8H,4H2,1-3H3/b11-7-. The average molecular weight is 177 g/mol. The molecule has 2 heteroatoms. The smallest absolute Gasteiger partial charge is 0.107 e. The molecule has 0 aliphatic heterocycles. The number of aliphatic imine (C=N–C) groups is 1. The van der Waals surface area contributed by atoms with Crippen molar-refractivity contribution in [1.82, 2.24) is 0 Å². The highest BCUT2D eigenvalue weighted by Gasteiger charge is 2.03. The number of hydrogen-bond donors (Lipinski definition) is 0. The summed E-state index contributed by atoms with van der Waals surface area (Å²) in [4.78, 5) is 3.97. The van der Waals surface area contributed by atoms with Crippen molar-refractivity contribution in [3.05, 3.63) is 29.4 Å². The summed E-state index contributed by atoms with van der Waals surface area (Å²) in [5.74, 6) is 1.31. The van der Waals surface area contributed by atoms with E-state index in [1.165, 1.54) is 0 Å². The van der Waals surface area contributed by atoms with Crippen LogP contribution in [0.15, 0.2) is 27.4 Å². The van der Waals surface area contributed by atoms with E-state index in [0.29, 0.717) is 5.92 Å². The molecule has 0 aliphatic rings. The molecular formula is C11H15NO. The predicted octanol–water partition coefficient (Wildman–Crippen LogP) is 3.29. The van der Waals surface area contributed by atoms with E-state index in [9.17, 15) is 0 Å². The zero-order chi connectivity index (χ0) is 9.84. The molecule has 0 N–H and O–H groups in total. The number of hydrogen-bond acceptors (Lipinski definition) is 2. The molecule has 0 bridgehead atoms. The second-order valence-electron chi connectivity index (χ2n) is 3.31. The Balaban J connectivity index is 2.98. The average Bonchev–Trinajstić information content (AvgIpc) is 2.46. The Morgan fingerprint density at radius 3 is 2.69 bits per heavy atom. The van der Waals surface area contributed by atoms with Gasteiger partial charge in [-0.3, -0.25) is 4.99 Å². The maximum atomic E-state index is 5.18. The van der Waals surface area contributed by atoms with Crippen LogP contribution in [0.1, 0.15) is 25.2 Å². The molecule has 1 aromatic heterocycles. The van der Waals surface area contributed by atoms with Gasteiger partial charge in [0.1, 0.15) is 5.76 Å². The minimum Gasteiger partial charge on any atom is -0.469 e. The van der Waals surface area contributed by atoms with Crippen molar-refractivity contribution in [2.75, 3.05) is 0 Å². The van der Waals surface area contributed by atoms with Crippen molar-refractivity contribution >= 4 is 12.8 Å². The quantitative estimate of drug-likeness (QED) is 0.650. The lowest BCUT2D eigenvalue weighted by Gasteiger charge is -2.03. The van der Waals surface area contributed by atoms with Crippen LogP contribution in [-0.2, 0) is 0 Å². The first-order valence-electron chi connectivity index (χ1n) is 4.37. The summed E-state index contributed by atoms with van der Waals surface area (Å²) >= 11 is 0. The lowest BCUT2D eigenvalue weighted by molar-refractivity contribution is 0.533. The van der Waals surface area contributed by atoms with E-state index in [-0.39, 0.29) is 0 Å². The third-order valence-corrected chi connectivity index (χ3v) is 1.98. The van der Waals surface area contributed by atoms with Gasteiger partial charge in [-0.2, -0.15) is 0 Å². The van der Waals surface area contributed by atoms with E-state index in [1.54, 1.807) is 6.26 Å². The highest BCUT2D eigenvalue weighted by molar-refractivity contribution is 5.55. The molecule has 1 rings (SSSR count). The Bertz CT molecular complexity index is 321. The highest BCUT2D eigenvalue weighted by Crippen LogP contribution is 2.18. The summed E-state index contributed by atoms with van der Waals surface area (Å²) in [6.07, 6.45) is 3.69. The predicted molar refractivity (Wildman–Crippen MR) is 55.8 cm³/mol. The number of furan rings is 1. The third kappa shape index (κ3) is 2.31. The van der Waals surface area contributed by atoms with E-state index in [1.807, 2.05) is 19.1 Å². The van der Waals surface area contributed by atoms with Gasteiger partial charge in [-0.25, -0.2) is 0 Å². The van der Waals surface area contributed by atoms with E-state index >= 15 is 0 Å². The van der Waals surface area contributed by atoms with Gasteiger partial charge in [0.15, 0.2) is 0 Å². The molecule has 0 aromatic carbocycles. The van der Waals surface area contributed by atoms with E-state index in [4.69, 9.17) is 4.42 Å². The summed E-state index contributed by atoms with van der Waals surface area (Å²) in [5.41, 5.74) is 2.07. The number of nitrogens with zero attached hydrogens (tertiary/aromatic N) is 1. The van der Waals surface area contributed by atoms with Gasteiger partial charge in [0.25, 0.3) is 0 Å². The molecule has 0 amide bonds. The van der Waals surface area contributed by atoms with Gasteiger partial charge in [-0.15, -0.1) is 0 Å². The molecule has 0 fully saturated rings. The normalized spacial score (nSPS) is 12.2. The Morgan fingerprint density at radius 2 is 2.31 bits per heavy atom. The summed E-state index contributed by atoms with van der Waals surface area (Å²) < 4.78 is 5.18. The molecular weight excluding hydrogens is 162 g/mol. The summed E-state index contributed by atoms with van der Waals surface area (Å²) in [6, 6.07) is 1.93. The fraction of sp³-hybridized carbons (Fsp3) is 0.364. The summed E-state index contributed by atoms with van der Waals surface area (Å²) in [7, 11) is 0. The monoisotopic (exact) mass is 177 g/mol. The van der Waals surface area contributed by atoms with E-state index in [2.05, 4.69) is 25.6 Å². The fourth-order valence-electron chi connectivity index (χ4n) is 1.10. The lowest BCUT2D eigenvalue weighted by Crippen LogP contribution is -1.89. The first kappa shape index (κ1) is 9.78. The Hall–Kier alpha value is -1.31. The second kappa shape index (κ2) is 4.08. The highest BCUT2D eigenvalue weighted by atomic mass is 16.3. The van der Waals surface area contributed by atoms with Crippen LogP contribution in [0, 0.1) is 12.8 Å². The van der Waals surface area contributed by atoms with Gasteiger partial charge in [-0.05, 0) is 31.7 Å². The van der Waals surface area contributed by atoms with Gasteiger partial charge in [-0.1, -0.05) is 13.8 Å². The molecule has 0 atom stereocenters. The molecule has 13 heavy (non-hydrogen) atoms. The van der Waals surface area contributed by atoms with Crippen molar-refractivity contribution in [1.29, 1.82) is 0 Å². The van der Waals surface area contributed by atoms with E-state index in [0.717, 1.165) is 17.0 Å². The van der Waals surface area contributed by atoms with Gasteiger partial charge in [0.05, 0.1) is 6.26 Å². The van der Waals surface area contributed by atoms with Crippen LogP contribution in [0.4, 0.5) is 0 Å². The van der Waals surface area contributed by atoms with Gasteiger partial charge in [0, 0.05) is 11.3 Å². The molecule has 0 unspecified atom stereocenters. The summed E-state index contributed by atoms with van der Waals surface area (Å²) in [6.45, 7) is 9.67. The number of allylic oxidation sites excluding steroid dienone is 1.